The molecule has 0 spiro atoms. The fraction of sp³-hybridized carbons (Fsp3) is 0.875. The first-order valence-corrected chi connectivity index (χ1v) is 4.11. The van der Waals surface area contributed by atoms with Crippen molar-refractivity contribution in [2.24, 2.45) is 5.41 Å². The molecule has 0 aromatic heterocycles. The Balaban J connectivity index is 2.49. The topological polar surface area (TPSA) is 49.3 Å². The molecular formula is C8H15NO2. The molecule has 1 fully saturated rings. The largest absolute Gasteiger partial charge is 0.396 e. The number of carbonyl (C=O) groups is 1. The van der Waals surface area contributed by atoms with E-state index in [0.717, 1.165) is 32.2 Å². The second-order valence-electron chi connectivity index (χ2n) is 3.20. The number of rotatable bonds is 3. The summed E-state index contributed by atoms with van der Waals surface area (Å²) in [6.07, 6.45) is 3.39. The molecule has 0 aromatic carbocycles. The second-order valence-corrected chi connectivity index (χ2v) is 3.20. The Labute approximate surface area is 66.8 Å². The number of hydrogen-bond donors (Lipinski definition) is 2. The van der Waals surface area contributed by atoms with E-state index >= 15 is 0 Å². The van der Waals surface area contributed by atoms with Gasteiger partial charge < -0.3 is 15.2 Å². The van der Waals surface area contributed by atoms with E-state index in [9.17, 15) is 4.79 Å². The molecule has 3 heteroatoms. The third kappa shape index (κ3) is 2.01. The van der Waals surface area contributed by atoms with Crippen LogP contribution in [-0.2, 0) is 4.79 Å². The molecule has 2 N–H and O–H groups in total. The van der Waals surface area contributed by atoms with E-state index in [1.165, 1.54) is 0 Å². The van der Waals surface area contributed by atoms with E-state index in [1.807, 2.05) is 0 Å². The molecule has 1 aliphatic heterocycles. The average Bonchev–Trinajstić information content (AvgIpc) is 2.07. The van der Waals surface area contributed by atoms with E-state index in [4.69, 9.17) is 5.11 Å². The molecule has 0 aromatic rings. The highest BCUT2D eigenvalue weighted by Crippen LogP contribution is 2.29. The number of carbonyl (C=O) groups excluding carboxylic acids is 1. The van der Waals surface area contributed by atoms with Gasteiger partial charge in [-0.3, -0.25) is 0 Å². The molecule has 1 saturated heterocycles. The minimum Gasteiger partial charge on any atom is -0.396 e. The maximum absolute atomic E-state index is 10.7. The lowest BCUT2D eigenvalue weighted by molar-refractivity contribution is -0.118. The lowest BCUT2D eigenvalue weighted by atomic mass is 9.78. The van der Waals surface area contributed by atoms with Crippen molar-refractivity contribution < 1.29 is 9.90 Å². The Morgan fingerprint density at radius 2 is 2.09 bits per heavy atom. The van der Waals surface area contributed by atoms with Crippen LogP contribution >= 0.6 is 0 Å². The Morgan fingerprint density at radius 3 is 2.55 bits per heavy atom. The summed E-state index contributed by atoms with van der Waals surface area (Å²) >= 11 is 0. The van der Waals surface area contributed by atoms with Crippen LogP contribution in [0.15, 0.2) is 0 Å². The molecule has 1 aliphatic rings. The molecule has 0 radical (unpaired) electrons. The quantitative estimate of drug-likeness (QED) is 0.564. The van der Waals surface area contributed by atoms with Crippen LogP contribution in [0.3, 0.4) is 0 Å². The first-order chi connectivity index (χ1) is 5.33. The monoisotopic (exact) mass is 157 g/mol. The normalized spacial score (nSPS) is 23.0. The van der Waals surface area contributed by atoms with Gasteiger partial charge in [-0.2, -0.15) is 0 Å². The van der Waals surface area contributed by atoms with Crippen molar-refractivity contribution >= 4 is 6.29 Å². The van der Waals surface area contributed by atoms with Crippen LogP contribution in [0, 0.1) is 5.41 Å². The number of nitrogens with one attached hydrogen (secondary N) is 1. The van der Waals surface area contributed by atoms with Crippen molar-refractivity contribution in [1.29, 1.82) is 0 Å². The molecule has 3 nitrogen and oxygen atoms in total. The first-order valence-electron chi connectivity index (χ1n) is 4.11. The van der Waals surface area contributed by atoms with Gasteiger partial charge in [0.2, 0.25) is 0 Å². The van der Waals surface area contributed by atoms with Gasteiger partial charge in [-0.1, -0.05) is 0 Å². The fourth-order valence-electron chi connectivity index (χ4n) is 1.57. The van der Waals surface area contributed by atoms with Crippen molar-refractivity contribution in [2.45, 2.75) is 19.3 Å². The zero-order valence-corrected chi connectivity index (χ0v) is 6.68. The van der Waals surface area contributed by atoms with Crippen LogP contribution in [0.4, 0.5) is 0 Å². The van der Waals surface area contributed by atoms with Crippen molar-refractivity contribution in [1.82, 2.24) is 5.32 Å². The number of hydrogen-bond acceptors (Lipinski definition) is 3. The van der Waals surface area contributed by atoms with Gasteiger partial charge in [0, 0.05) is 12.0 Å². The number of aliphatic hydroxyl groups is 1. The van der Waals surface area contributed by atoms with E-state index < -0.39 is 0 Å². The molecular weight excluding hydrogens is 142 g/mol. The molecule has 0 bridgehead atoms. The van der Waals surface area contributed by atoms with Crippen LogP contribution < -0.4 is 5.32 Å². The SMILES string of the molecule is O=CC1(CCO)CCNCC1. The highest BCUT2D eigenvalue weighted by Gasteiger charge is 2.30. The van der Waals surface area contributed by atoms with Gasteiger partial charge in [0.15, 0.2) is 0 Å². The summed E-state index contributed by atoms with van der Waals surface area (Å²) in [4.78, 5) is 10.7. The van der Waals surface area contributed by atoms with Crippen molar-refractivity contribution in [3.8, 4) is 0 Å². The highest BCUT2D eigenvalue weighted by molar-refractivity contribution is 5.59. The Hall–Kier alpha value is -0.410. The van der Waals surface area contributed by atoms with Crippen molar-refractivity contribution in [3.05, 3.63) is 0 Å². The molecule has 1 heterocycles. The molecule has 11 heavy (non-hydrogen) atoms. The summed E-state index contributed by atoms with van der Waals surface area (Å²) in [6, 6.07) is 0. The standard InChI is InChI=1S/C8H15NO2/c10-6-3-8(7-11)1-4-9-5-2-8/h7,9-10H,1-6H2. The van der Waals surface area contributed by atoms with Crippen molar-refractivity contribution in [3.63, 3.8) is 0 Å². The van der Waals surface area contributed by atoms with Gasteiger partial charge in [0.05, 0.1) is 0 Å². The summed E-state index contributed by atoms with van der Waals surface area (Å²) in [7, 11) is 0. The maximum atomic E-state index is 10.7. The number of aldehydes is 1. The van der Waals surface area contributed by atoms with E-state index in [2.05, 4.69) is 5.32 Å². The fourth-order valence-corrected chi connectivity index (χ4v) is 1.57. The maximum Gasteiger partial charge on any atom is 0.126 e. The molecule has 0 unspecified atom stereocenters. The van der Waals surface area contributed by atoms with Crippen LogP contribution in [-0.4, -0.2) is 31.1 Å². The zero-order valence-electron chi connectivity index (χ0n) is 6.68. The van der Waals surface area contributed by atoms with Crippen LogP contribution in [0.1, 0.15) is 19.3 Å². The Bertz CT molecular complexity index is 125. The Kier molecular flexibility index (Phi) is 3.02. The Morgan fingerprint density at radius 1 is 1.45 bits per heavy atom. The number of aliphatic hydroxyl groups excluding tert-OH is 1. The van der Waals surface area contributed by atoms with Gasteiger partial charge in [-0.05, 0) is 32.4 Å². The van der Waals surface area contributed by atoms with Crippen LogP contribution in [0.5, 0.6) is 0 Å². The van der Waals surface area contributed by atoms with Gasteiger partial charge in [0.1, 0.15) is 6.29 Å². The van der Waals surface area contributed by atoms with Gasteiger partial charge in [-0.25, -0.2) is 0 Å². The number of piperidine rings is 1. The molecule has 0 amide bonds. The highest BCUT2D eigenvalue weighted by atomic mass is 16.3. The smallest absolute Gasteiger partial charge is 0.126 e. The lowest BCUT2D eigenvalue weighted by Crippen LogP contribution is -2.38. The zero-order chi connectivity index (χ0) is 8.16. The summed E-state index contributed by atoms with van der Waals surface area (Å²) in [5, 5.41) is 11.9. The molecule has 0 saturated carbocycles. The predicted octanol–water partition coefficient (Wildman–Crippen LogP) is -0.0625. The van der Waals surface area contributed by atoms with Crippen LogP contribution in [0.25, 0.3) is 0 Å². The molecule has 0 aliphatic carbocycles. The third-order valence-electron chi connectivity index (χ3n) is 2.46. The minimum atomic E-state index is -0.222. The van der Waals surface area contributed by atoms with Gasteiger partial charge in [0.25, 0.3) is 0 Å². The van der Waals surface area contributed by atoms with E-state index in [0.29, 0.717) is 6.42 Å². The van der Waals surface area contributed by atoms with Gasteiger partial charge in [-0.15, -0.1) is 0 Å². The molecule has 1 rings (SSSR count). The summed E-state index contributed by atoms with van der Waals surface area (Å²) in [6.45, 7) is 1.93. The molecule has 0 atom stereocenters. The lowest BCUT2D eigenvalue weighted by Gasteiger charge is -2.31. The minimum absolute atomic E-state index is 0.124. The van der Waals surface area contributed by atoms with E-state index in [1.54, 1.807) is 0 Å². The van der Waals surface area contributed by atoms with Crippen LogP contribution in [0.2, 0.25) is 0 Å². The van der Waals surface area contributed by atoms with Crippen molar-refractivity contribution in [2.75, 3.05) is 19.7 Å². The predicted molar refractivity (Wildman–Crippen MR) is 42.3 cm³/mol. The summed E-state index contributed by atoms with van der Waals surface area (Å²) < 4.78 is 0. The second kappa shape index (κ2) is 3.83. The van der Waals surface area contributed by atoms with Gasteiger partial charge >= 0.3 is 0 Å². The first kappa shape index (κ1) is 8.68. The molecule has 64 valence electrons. The summed E-state index contributed by atoms with van der Waals surface area (Å²) in [5.74, 6) is 0. The van der Waals surface area contributed by atoms with E-state index in [-0.39, 0.29) is 12.0 Å². The summed E-state index contributed by atoms with van der Waals surface area (Å²) in [5.41, 5.74) is -0.222. The average molecular weight is 157 g/mol. The third-order valence-corrected chi connectivity index (χ3v) is 2.46.